The molecule has 0 unspecified atom stereocenters. The van der Waals surface area contributed by atoms with Gasteiger partial charge in [0.05, 0.1) is 11.7 Å². The van der Waals surface area contributed by atoms with Crippen LogP contribution < -0.4 is 0 Å². The second-order valence-corrected chi connectivity index (χ2v) is 7.65. The molecule has 154 valence electrons. The quantitative estimate of drug-likeness (QED) is 0.628. The number of hydrogen-bond donors (Lipinski definition) is 1. The summed E-state index contributed by atoms with van der Waals surface area (Å²) in [6.45, 7) is 2.38. The zero-order chi connectivity index (χ0) is 20.8. The van der Waals surface area contributed by atoms with Crippen molar-refractivity contribution in [2.45, 2.75) is 31.6 Å². The number of carboxylic acid groups (broad SMARTS) is 1. The van der Waals surface area contributed by atoms with Gasteiger partial charge in [-0.15, -0.1) is 0 Å². The number of rotatable bonds is 7. The summed E-state index contributed by atoms with van der Waals surface area (Å²) in [5, 5.41) is 9.37. The highest BCUT2D eigenvalue weighted by molar-refractivity contribution is 5.88. The summed E-state index contributed by atoms with van der Waals surface area (Å²) in [6.07, 6.45) is 5.01. The number of piperidine rings is 1. The van der Waals surface area contributed by atoms with Crippen molar-refractivity contribution in [1.82, 2.24) is 9.88 Å². The highest BCUT2D eigenvalue weighted by Gasteiger charge is 2.25. The Kier molecular flexibility index (Phi) is 6.52. The largest absolute Gasteiger partial charge is 0.478 e. The summed E-state index contributed by atoms with van der Waals surface area (Å²) in [5.74, 6) is -0.926. The summed E-state index contributed by atoms with van der Waals surface area (Å²) < 4.78 is 6.59. The molecule has 1 aliphatic heterocycles. The molecule has 1 saturated heterocycles. The van der Waals surface area contributed by atoms with Gasteiger partial charge in [-0.3, -0.25) is 9.88 Å². The van der Waals surface area contributed by atoms with E-state index in [1.54, 1.807) is 12.3 Å². The van der Waals surface area contributed by atoms with Crippen LogP contribution >= 0.6 is 0 Å². The Morgan fingerprint density at radius 1 is 1.00 bits per heavy atom. The van der Waals surface area contributed by atoms with Crippen LogP contribution in [-0.2, 0) is 11.3 Å². The molecule has 0 radical (unpaired) electrons. The van der Waals surface area contributed by atoms with Crippen LogP contribution in [0.1, 0.15) is 46.0 Å². The Balaban J connectivity index is 1.40. The first-order valence-corrected chi connectivity index (χ1v) is 10.3. The van der Waals surface area contributed by atoms with E-state index in [0.29, 0.717) is 6.54 Å². The van der Waals surface area contributed by atoms with Crippen molar-refractivity contribution in [2.75, 3.05) is 13.1 Å². The van der Waals surface area contributed by atoms with E-state index in [9.17, 15) is 9.90 Å². The van der Waals surface area contributed by atoms with Crippen LogP contribution in [0.25, 0.3) is 0 Å². The van der Waals surface area contributed by atoms with E-state index in [2.05, 4.69) is 34.1 Å². The molecule has 30 heavy (non-hydrogen) atoms. The molecule has 3 aromatic rings. The van der Waals surface area contributed by atoms with E-state index in [0.717, 1.165) is 42.6 Å². The minimum atomic E-state index is -0.926. The average Bonchev–Trinajstić information content (AvgIpc) is 2.80. The van der Waals surface area contributed by atoms with Crippen LogP contribution in [0.5, 0.6) is 0 Å². The first-order valence-electron chi connectivity index (χ1n) is 10.3. The molecule has 2 aromatic carbocycles. The number of benzene rings is 2. The summed E-state index contributed by atoms with van der Waals surface area (Å²) in [5.41, 5.74) is 3.41. The van der Waals surface area contributed by atoms with Gasteiger partial charge in [0.2, 0.25) is 0 Å². The van der Waals surface area contributed by atoms with E-state index in [1.165, 1.54) is 6.20 Å². The SMILES string of the molecule is O=C(O)c1cnccc1CN1CCC(OC(c2ccccc2)c2ccccc2)CC1. The molecule has 1 N–H and O–H groups in total. The molecule has 1 aliphatic rings. The fraction of sp³-hybridized carbons (Fsp3) is 0.280. The van der Waals surface area contributed by atoms with E-state index in [1.807, 2.05) is 36.4 Å². The zero-order valence-corrected chi connectivity index (χ0v) is 16.9. The van der Waals surface area contributed by atoms with Crippen LogP contribution in [0.3, 0.4) is 0 Å². The lowest BCUT2D eigenvalue weighted by molar-refractivity contribution is -0.0282. The lowest BCUT2D eigenvalue weighted by Gasteiger charge is -2.34. The Hall–Kier alpha value is -3.02. The van der Waals surface area contributed by atoms with Gasteiger partial charge in [0.15, 0.2) is 0 Å². The van der Waals surface area contributed by atoms with Crippen molar-refractivity contribution in [1.29, 1.82) is 0 Å². The van der Waals surface area contributed by atoms with Gasteiger partial charge in [-0.1, -0.05) is 60.7 Å². The summed E-state index contributed by atoms with van der Waals surface area (Å²) in [7, 11) is 0. The Bertz CT molecular complexity index is 915. The van der Waals surface area contributed by atoms with E-state index in [-0.39, 0.29) is 17.8 Å². The van der Waals surface area contributed by atoms with Crippen LogP contribution in [0.2, 0.25) is 0 Å². The predicted molar refractivity (Wildman–Crippen MR) is 115 cm³/mol. The smallest absolute Gasteiger partial charge is 0.337 e. The molecule has 1 fully saturated rings. The molecule has 4 rings (SSSR count). The molecule has 0 bridgehead atoms. The number of aromatic nitrogens is 1. The fourth-order valence-electron chi connectivity index (χ4n) is 4.00. The molecular formula is C25H26N2O3. The topological polar surface area (TPSA) is 62.7 Å². The molecule has 0 amide bonds. The summed E-state index contributed by atoms with van der Waals surface area (Å²) in [4.78, 5) is 17.7. The maximum atomic E-state index is 11.4. The number of carbonyl (C=O) groups is 1. The van der Waals surface area contributed by atoms with Crippen LogP contribution in [-0.4, -0.2) is 40.2 Å². The third-order valence-corrected chi connectivity index (χ3v) is 5.60. The fourth-order valence-corrected chi connectivity index (χ4v) is 4.00. The molecule has 5 heteroatoms. The zero-order valence-electron chi connectivity index (χ0n) is 16.9. The number of aromatic carboxylic acids is 1. The second-order valence-electron chi connectivity index (χ2n) is 7.65. The third kappa shape index (κ3) is 4.93. The average molecular weight is 402 g/mol. The van der Waals surface area contributed by atoms with Gasteiger partial charge >= 0.3 is 5.97 Å². The predicted octanol–water partition coefficient (Wildman–Crippen LogP) is 4.55. The number of pyridine rings is 1. The Morgan fingerprint density at radius 2 is 1.60 bits per heavy atom. The van der Waals surface area contributed by atoms with E-state index in [4.69, 9.17) is 4.74 Å². The number of likely N-dealkylation sites (tertiary alicyclic amines) is 1. The minimum absolute atomic E-state index is 0.0808. The van der Waals surface area contributed by atoms with Gasteiger partial charge in [0.25, 0.3) is 0 Å². The van der Waals surface area contributed by atoms with Gasteiger partial charge < -0.3 is 9.84 Å². The van der Waals surface area contributed by atoms with Gasteiger partial charge in [-0.05, 0) is 35.6 Å². The third-order valence-electron chi connectivity index (χ3n) is 5.60. The highest BCUT2D eigenvalue weighted by Crippen LogP contribution is 2.30. The van der Waals surface area contributed by atoms with Gasteiger partial charge in [-0.2, -0.15) is 0 Å². The van der Waals surface area contributed by atoms with Gasteiger partial charge in [-0.25, -0.2) is 4.79 Å². The second kappa shape index (κ2) is 9.65. The molecule has 0 aliphatic carbocycles. The number of ether oxygens (including phenoxy) is 1. The standard InChI is InChI=1S/C25H26N2O3/c28-25(29)23-17-26-14-11-21(23)18-27-15-12-22(13-16-27)30-24(19-7-3-1-4-8-19)20-9-5-2-6-10-20/h1-11,14,17,22,24H,12-13,15-16,18H2,(H,28,29). The van der Waals surface area contributed by atoms with Crippen LogP contribution in [0.4, 0.5) is 0 Å². The van der Waals surface area contributed by atoms with Crippen LogP contribution in [0, 0.1) is 0 Å². The molecular weight excluding hydrogens is 376 g/mol. The monoisotopic (exact) mass is 402 g/mol. The summed E-state index contributed by atoms with van der Waals surface area (Å²) >= 11 is 0. The molecule has 5 nitrogen and oxygen atoms in total. The number of nitrogens with zero attached hydrogens (tertiary/aromatic N) is 2. The van der Waals surface area contributed by atoms with E-state index >= 15 is 0 Å². The van der Waals surface area contributed by atoms with Gasteiger partial charge in [0.1, 0.15) is 6.10 Å². The molecule has 0 atom stereocenters. The lowest BCUT2D eigenvalue weighted by atomic mass is 10.00. The Morgan fingerprint density at radius 3 is 2.17 bits per heavy atom. The molecule has 0 spiro atoms. The van der Waals surface area contributed by atoms with Crippen molar-refractivity contribution in [3.05, 3.63) is 101 Å². The molecule has 1 aromatic heterocycles. The highest BCUT2D eigenvalue weighted by atomic mass is 16.5. The lowest BCUT2D eigenvalue weighted by Crippen LogP contribution is -2.37. The van der Waals surface area contributed by atoms with Crippen molar-refractivity contribution in [2.24, 2.45) is 0 Å². The van der Waals surface area contributed by atoms with Crippen LogP contribution in [0.15, 0.2) is 79.1 Å². The van der Waals surface area contributed by atoms with Crippen molar-refractivity contribution >= 4 is 5.97 Å². The van der Waals surface area contributed by atoms with Crippen molar-refractivity contribution in [3.8, 4) is 0 Å². The van der Waals surface area contributed by atoms with E-state index < -0.39 is 5.97 Å². The summed E-state index contributed by atoms with van der Waals surface area (Å²) in [6, 6.07) is 22.5. The van der Waals surface area contributed by atoms with Gasteiger partial charge in [0, 0.05) is 32.0 Å². The first kappa shape index (κ1) is 20.3. The van der Waals surface area contributed by atoms with Crippen molar-refractivity contribution < 1.29 is 14.6 Å². The maximum absolute atomic E-state index is 11.4. The maximum Gasteiger partial charge on any atom is 0.337 e. The number of carboxylic acids is 1. The van der Waals surface area contributed by atoms with Crippen molar-refractivity contribution in [3.63, 3.8) is 0 Å². The number of hydrogen-bond acceptors (Lipinski definition) is 4. The Labute approximate surface area is 177 Å². The normalized spacial score (nSPS) is 15.4. The molecule has 0 saturated carbocycles. The molecule has 2 heterocycles. The minimum Gasteiger partial charge on any atom is -0.478 e. The first-order chi connectivity index (χ1) is 14.7.